The average Bonchev–Trinajstić information content (AvgIpc) is 3.05. The number of anilines is 1. The summed E-state index contributed by atoms with van der Waals surface area (Å²) in [7, 11) is 0. The summed E-state index contributed by atoms with van der Waals surface area (Å²) in [5, 5.41) is 29.7. The molecule has 3 rings (SSSR count). The van der Waals surface area contributed by atoms with E-state index in [1.807, 2.05) is 9.80 Å². The van der Waals surface area contributed by atoms with Gasteiger partial charge >= 0.3 is 6.36 Å². The lowest BCUT2D eigenvalue weighted by molar-refractivity contribution is -0.274. The molecule has 0 radical (unpaired) electrons. The number of β-amino-alcohol motifs (C(OH)–C–C–N with tert-alkyl or cyclic N) is 1. The number of aliphatic hydroxyl groups is 3. The van der Waals surface area contributed by atoms with Crippen LogP contribution in [0, 0.1) is 5.92 Å². The second-order valence-electron chi connectivity index (χ2n) is 7.36. The van der Waals surface area contributed by atoms with Crippen LogP contribution in [0.3, 0.4) is 0 Å². The molecule has 2 heterocycles. The molecule has 6 nitrogen and oxygen atoms in total. The molecule has 1 aromatic rings. The van der Waals surface area contributed by atoms with Crippen LogP contribution in [0.2, 0.25) is 0 Å². The van der Waals surface area contributed by atoms with Crippen LogP contribution in [-0.4, -0.2) is 77.1 Å². The second kappa shape index (κ2) is 7.83. The molecule has 0 amide bonds. The number of piperidine rings is 1. The highest BCUT2D eigenvalue weighted by atomic mass is 19.4. The van der Waals surface area contributed by atoms with Gasteiger partial charge in [0.15, 0.2) is 5.75 Å². The molecule has 2 aliphatic rings. The fourth-order valence-electron chi connectivity index (χ4n) is 3.95. The van der Waals surface area contributed by atoms with E-state index in [9.17, 15) is 28.5 Å². The predicted octanol–water partition coefficient (Wildman–Crippen LogP) is 1.20. The minimum atomic E-state index is -4.74. The van der Waals surface area contributed by atoms with Gasteiger partial charge in [0.25, 0.3) is 0 Å². The molecular formula is C18H25F3N2O4. The first kappa shape index (κ1) is 20.2. The molecule has 0 spiro atoms. The number of hydrogen-bond donors (Lipinski definition) is 3. The quantitative estimate of drug-likeness (QED) is 0.717. The Morgan fingerprint density at radius 2 is 1.81 bits per heavy atom. The standard InChI is InChI=1S/C18H25F3N2O4/c1-11-16(25)17(26)14(24)10-23(11)9-12-6-7-22(8-12)13-4-2-3-5-15(13)27-18(19,20)21/h2-5,11-12,14,16-17,24-26H,6-10H2,1H3/t11-,12+,14+,16-,17-/m1/s1. The zero-order chi connectivity index (χ0) is 19.8. The summed E-state index contributed by atoms with van der Waals surface area (Å²) >= 11 is 0. The Balaban J connectivity index is 1.64. The zero-order valence-electron chi connectivity index (χ0n) is 15.0. The van der Waals surface area contributed by atoms with Gasteiger partial charge in [-0.05, 0) is 31.4 Å². The van der Waals surface area contributed by atoms with Crippen LogP contribution in [0.1, 0.15) is 13.3 Å². The van der Waals surface area contributed by atoms with Gasteiger partial charge in [-0.1, -0.05) is 12.1 Å². The first-order valence-corrected chi connectivity index (χ1v) is 9.03. The van der Waals surface area contributed by atoms with Crippen LogP contribution in [0.25, 0.3) is 0 Å². The fraction of sp³-hybridized carbons (Fsp3) is 0.667. The summed E-state index contributed by atoms with van der Waals surface area (Å²) in [5.74, 6) is -0.0491. The highest BCUT2D eigenvalue weighted by Crippen LogP contribution is 2.36. The van der Waals surface area contributed by atoms with E-state index in [2.05, 4.69) is 4.74 Å². The molecule has 1 aromatic carbocycles. The number of para-hydroxylation sites is 2. The Morgan fingerprint density at radius 1 is 1.11 bits per heavy atom. The maximum atomic E-state index is 12.6. The normalized spacial score (nSPS) is 32.7. The summed E-state index contributed by atoms with van der Waals surface area (Å²) in [5.41, 5.74) is 0.402. The van der Waals surface area contributed by atoms with Crippen molar-refractivity contribution in [1.29, 1.82) is 0 Å². The molecule has 0 aromatic heterocycles. The van der Waals surface area contributed by atoms with Crippen molar-refractivity contribution in [3.05, 3.63) is 24.3 Å². The van der Waals surface area contributed by atoms with Crippen molar-refractivity contribution in [2.24, 2.45) is 5.92 Å². The molecule has 3 N–H and O–H groups in total. The number of nitrogens with zero attached hydrogens (tertiary/aromatic N) is 2. The minimum absolute atomic E-state index is 0.168. The topological polar surface area (TPSA) is 76.4 Å². The zero-order valence-corrected chi connectivity index (χ0v) is 15.0. The van der Waals surface area contributed by atoms with E-state index in [4.69, 9.17) is 0 Å². The average molecular weight is 390 g/mol. The smallest absolute Gasteiger partial charge is 0.404 e. The Kier molecular flexibility index (Phi) is 5.85. The van der Waals surface area contributed by atoms with Crippen molar-refractivity contribution < 1.29 is 33.2 Å². The van der Waals surface area contributed by atoms with Crippen molar-refractivity contribution in [2.75, 3.05) is 31.1 Å². The Hall–Kier alpha value is -1.55. The van der Waals surface area contributed by atoms with E-state index in [0.717, 1.165) is 6.42 Å². The SMILES string of the molecule is C[C@@H]1[C@@H](O)[C@H](O)[C@@H](O)CN1C[C@H]1CCN(c2ccccc2OC(F)(F)F)C1. The lowest BCUT2D eigenvalue weighted by atomic mass is 9.93. The molecule has 2 saturated heterocycles. The monoisotopic (exact) mass is 390 g/mol. The van der Waals surface area contributed by atoms with E-state index in [0.29, 0.717) is 25.3 Å². The number of likely N-dealkylation sites (tertiary alicyclic amines) is 1. The molecule has 0 unspecified atom stereocenters. The lowest BCUT2D eigenvalue weighted by Gasteiger charge is -2.43. The van der Waals surface area contributed by atoms with Crippen LogP contribution in [0.5, 0.6) is 5.75 Å². The van der Waals surface area contributed by atoms with Gasteiger partial charge in [-0.15, -0.1) is 13.2 Å². The van der Waals surface area contributed by atoms with E-state index >= 15 is 0 Å². The van der Waals surface area contributed by atoms with Crippen molar-refractivity contribution in [1.82, 2.24) is 4.90 Å². The van der Waals surface area contributed by atoms with Gasteiger partial charge in [0.05, 0.1) is 17.9 Å². The van der Waals surface area contributed by atoms with Crippen LogP contribution < -0.4 is 9.64 Å². The van der Waals surface area contributed by atoms with Gasteiger partial charge in [-0.2, -0.15) is 0 Å². The minimum Gasteiger partial charge on any atom is -0.404 e. The number of aliphatic hydroxyl groups excluding tert-OH is 3. The summed E-state index contributed by atoms with van der Waals surface area (Å²) in [6.45, 7) is 3.78. The molecule has 5 atom stereocenters. The Bertz CT molecular complexity index is 645. The van der Waals surface area contributed by atoms with Gasteiger partial charge in [-0.25, -0.2) is 0 Å². The summed E-state index contributed by atoms with van der Waals surface area (Å²) in [6, 6.07) is 5.78. The van der Waals surface area contributed by atoms with E-state index in [-0.39, 0.29) is 24.3 Å². The van der Waals surface area contributed by atoms with Gasteiger partial charge in [0, 0.05) is 32.2 Å². The van der Waals surface area contributed by atoms with Crippen LogP contribution in [-0.2, 0) is 0 Å². The fourth-order valence-corrected chi connectivity index (χ4v) is 3.95. The number of rotatable bonds is 4. The maximum absolute atomic E-state index is 12.6. The number of ether oxygens (including phenoxy) is 1. The summed E-state index contributed by atoms with van der Waals surface area (Å²) in [6.07, 6.45) is -7.19. The summed E-state index contributed by atoms with van der Waals surface area (Å²) in [4.78, 5) is 3.79. The molecule has 0 saturated carbocycles. The van der Waals surface area contributed by atoms with Crippen LogP contribution >= 0.6 is 0 Å². The van der Waals surface area contributed by atoms with Crippen molar-refractivity contribution in [2.45, 2.75) is 44.1 Å². The second-order valence-corrected chi connectivity index (χ2v) is 7.36. The van der Waals surface area contributed by atoms with E-state index in [1.165, 1.54) is 12.1 Å². The molecule has 2 fully saturated rings. The molecule has 152 valence electrons. The van der Waals surface area contributed by atoms with E-state index in [1.54, 1.807) is 19.1 Å². The Morgan fingerprint density at radius 3 is 2.52 bits per heavy atom. The van der Waals surface area contributed by atoms with Gasteiger partial charge in [0.1, 0.15) is 6.10 Å². The number of alkyl halides is 3. The predicted molar refractivity (Wildman–Crippen MR) is 92.5 cm³/mol. The van der Waals surface area contributed by atoms with Crippen molar-refractivity contribution in [3.8, 4) is 5.75 Å². The third-order valence-corrected chi connectivity index (χ3v) is 5.45. The molecule has 0 aliphatic carbocycles. The highest BCUT2D eigenvalue weighted by molar-refractivity contribution is 5.59. The molecule has 27 heavy (non-hydrogen) atoms. The molecule has 0 bridgehead atoms. The first-order valence-electron chi connectivity index (χ1n) is 9.03. The molecule has 2 aliphatic heterocycles. The van der Waals surface area contributed by atoms with Crippen LogP contribution in [0.4, 0.5) is 18.9 Å². The largest absolute Gasteiger partial charge is 0.573 e. The molecular weight excluding hydrogens is 365 g/mol. The maximum Gasteiger partial charge on any atom is 0.573 e. The third kappa shape index (κ3) is 4.66. The third-order valence-electron chi connectivity index (χ3n) is 5.45. The Labute approximate surface area is 155 Å². The number of benzene rings is 1. The van der Waals surface area contributed by atoms with Gasteiger partial charge < -0.3 is 25.0 Å². The number of halogens is 3. The lowest BCUT2D eigenvalue weighted by Crippen LogP contribution is -2.60. The molecule has 9 heteroatoms. The summed E-state index contributed by atoms with van der Waals surface area (Å²) < 4.78 is 42.0. The number of hydrogen-bond acceptors (Lipinski definition) is 6. The van der Waals surface area contributed by atoms with Gasteiger partial charge in [0.2, 0.25) is 0 Å². The van der Waals surface area contributed by atoms with Crippen LogP contribution in [0.15, 0.2) is 24.3 Å². The van der Waals surface area contributed by atoms with Gasteiger partial charge in [-0.3, -0.25) is 4.90 Å². The highest BCUT2D eigenvalue weighted by Gasteiger charge is 2.40. The first-order chi connectivity index (χ1) is 12.7. The van der Waals surface area contributed by atoms with E-state index < -0.39 is 24.7 Å². The van der Waals surface area contributed by atoms with Crippen molar-refractivity contribution >= 4 is 5.69 Å². The van der Waals surface area contributed by atoms with Crippen molar-refractivity contribution in [3.63, 3.8) is 0 Å².